The molecule has 3 aromatic carbocycles. The summed E-state index contributed by atoms with van der Waals surface area (Å²) >= 11 is 5.96. The molecule has 1 heterocycles. The number of carbonyl (C=O) groups excluding carboxylic acids is 1. The van der Waals surface area contributed by atoms with Gasteiger partial charge in [-0.2, -0.15) is 5.26 Å². The zero-order chi connectivity index (χ0) is 27.2. The molecule has 2 N–H and O–H groups in total. The fourth-order valence-corrected chi connectivity index (χ4v) is 4.39. The highest BCUT2D eigenvalue weighted by Gasteiger charge is 2.32. The third kappa shape index (κ3) is 5.79. The lowest BCUT2D eigenvalue weighted by Gasteiger charge is -2.27. The van der Waals surface area contributed by atoms with Gasteiger partial charge in [-0.05, 0) is 68.3 Å². The van der Waals surface area contributed by atoms with E-state index in [9.17, 15) is 10.1 Å². The molecule has 0 saturated carbocycles. The summed E-state index contributed by atoms with van der Waals surface area (Å²) in [5, 5.41) is 10.5. The number of hydrogen-bond donors (Lipinski definition) is 1. The van der Waals surface area contributed by atoms with Gasteiger partial charge in [-0.25, -0.2) is 4.79 Å². The molecule has 1 aliphatic rings. The Morgan fingerprint density at radius 3 is 2.45 bits per heavy atom. The summed E-state index contributed by atoms with van der Waals surface area (Å²) in [4.78, 5) is 12.4. The molecule has 0 fully saturated rings. The fourth-order valence-electron chi connectivity index (χ4n) is 4.16. The van der Waals surface area contributed by atoms with Crippen LogP contribution < -0.4 is 29.4 Å². The Labute approximate surface area is 226 Å². The molecular weight excluding hydrogens is 508 g/mol. The van der Waals surface area contributed by atoms with Crippen LogP contribution in [0.3, 0.4) is 0 Å². The third-order valence-electron chi connectivity index (χ3n) is 5.81. The van der Waals surface area contributed by atoms with Gasteiger partial charge in [-0.1, -0.05) is 23.7 Å². The molecule has 1 atom stereocenters. The fraction of sp³-hybridized carbons (Fsp3) is 0.241. The molecule has 3 aromatic rings. The number of halogens is 1. The molecule has 196 valence electrons. The molecule has 0 aromatic heterocycles. The third-order valence-corrected chi connectivity index (χ3v) is 6.04. The lowest BCUT2D eigenvalue weighted by molar-refractivity contribution is -0.136. The Morgan fingerprint density at radius 1 is 1.00 bits per heavy atom. The number of aryl methyl sites for hydroxylation is 1. The maximum absolute atomic E-state index is 12.4. The van der Waals surface area contributed by atoms with Gasteiger partial charge in [0.25, 0.3) is 0 Å². The molecule has 8 nitrogen and oxygen atoms in total. The van der Waals surface area contributed by atoms with Crippen LogP contribution in [0.2, 0.25) is 5.02 Å². The van der Waals surface area contributed by atoms with Crippen molar-refractivity contribution in [1.82, 2.24) is 0 Å². The molecule has 1 unspecified atom stereocenters. The number of rotatable bonds is 9. The summed E-state index contributed by atoms with van der Waals surface area (Å²) in [5.41, 5.74) is 8.67. The maximum Gasteiger partial charge on any atom is 0.349 e. The van der Waals surface area contributed by atoms with Crippen LogP contribution in [0.25, 0.3) is 0 Å². The van der Waals surface area contributed by atoms with Gasteiger partial charge >= 0.3 is 5.97 Å². The van der Waals surface area contributed by atoms with Crippen molar-refractivity contribution in [3.05, 3.63) is 87.8 Å². The molecule has 0 radical (unpaired) electrons. The number of allylic oxidation sites excluding steroid dienone is 1. The number of fused-ring (bicyclic) bond motifs is 1. The molecular formula is C29H27ClN2O6. The van der Waals surface area contributed by atoms with E-state index in [2.05, 4.69) is 6.07 Å². The normalized spacial score (nSPS) is 14.1. The van der Waals surface area contributed by atoms with Crippen LogP contribution in [-0.4, -0.2) is 25.8 Å². The number of carbonyl (C=O) groups is 1. The summed E-state index contributed by atoms with van der Waals surface area (Å²) in [5.74, 6) is 1.20. The SMILES string of the molecule is CCOc1ccc(C2C(C#N)=C(N)Oc3cc(OC(=O)COc4ccc(Cl)cc4C)ccc32)cc1OCC. The van der Waals surface area contributed by atoms with E-state index in [0.717, 1.165) is 11.1 Å². The van der Waals surface area contributed by atoms with Gasteiger partial charge in [0, 0.05) is 16.7 Å². The number of ether oxygens (including phenoxy) is 5. The first-order valence-electron chi connectivity index (χ1n) is 12.0. The highest BCUT2D eigenvalue weighted by molar-refractivity contribution is 6.30. The molecule has 0 aliphatic carbocycles. The van der Waals surface area contributed by atoms with Crippen molar-refractivity contribution >= 4 is 17.6 Å². The van der Waals surface area contributed by atoms with E-state index in [-0.39, 0.29) is 23.8 Å². The van der Waals surface area contributed by atoms with E-state index < -0.39 is 11.9 Å². The lowest BCUT2D eigenvalue weighted by atomic mass is 9.83. The van der Waals surface area contributed by atoms with Crippen molar-refractivity contribution in [1.29, 1.82) is 5.26 Å². The second-order valence-corrected chi connectivity index (χ2v) is 8.81. The van der Waals surface area contributed by atoms with E-state index in [1.54, 1.807) is 36.4 Å². The van der Waals surface area contributed by atoms with E-state index >= 15 is 0 Å². The Kier molecular flexibility index (Phi) is 8.29. The smallest absolute Gasteiger partial charge is 0.349 e. The summed E-state index contributed by atoms with van der Waals surface area (Å²) in [6.45, 7) is 6.25. The number of nitrogens with zero attached hydrogens (tertiary/aromatic N) is 1. The van der Waals surface area contributed by atoms with Gasteiger partial charge < -0.3 is 29.4 Å². The first-order valence-corrected chi connectivity index (χ1v) is 12.4. The highest BCUT2D eigenvalue weighted by Crippen LogP contribution is 2.45. The predicted octanol–water partition coefficient (Wildman–Crippen LogP) is 5.65. The molecule has 0 spiro atoms. The van der Waals surface area contributed by atoms with Crippen LogP contribution in [0, 0.1) is 18.3 Å². The first-order chi connectivity index (χ1) is 18.3. The van der Waals surface area contributed by atoms with Crippen molar-refractivity contribution < 1.29 is 28.5 Å². The number of benzene rings is 3. The molecule has 0 bridgehead atoms. The topological polar surface area (TPSA) is 113 Å². The van der Waals surface area contributed by atoms with E-state index in [0.29, 0.717) is 46.8 Å². The zero-order valence-corrected chi connectivity index (χ0v) is 22.0. The molecule has 1 aliphatic heterocycles. The van der Waals surface area contributed by atoms with Crippen LogP contribution in [0.1, 0.15) is 36.5 Å². The van der Waals surface area contributed by atoms with Crippen LogP contribution >= 0.6 is 11.6 Å². The van der Waals surface area contributed by atoms with Gasteiger partial charge in [0.1, 0.15) is 28.9 Å². The van der Waals surface area contributed by atoms with Crippen LogP contribution in [0.4, 0.5) is 0 Å². The second kappa shape index (κ2) is 11.8. The Morgan fingerprint density at radius 2 is 1.74 bits per heavy atom. The molecule has 38 heavy (non-hydrogen) atoms. The van der Waals surface area contributed by atoms with Crippen LogP contribution in [0.5, 0.6) is 28.7 Å². The summed E-state index contributed by atoms with van der Waals surface area (Å²) in [6, 6.07) is 17.7. The molecule has 4 rings (SSSR count). The largest absolute Gasteiger partial charge is 0.490 e. The van der Waals surface area contributed by atoms with E-state index in [4.69, 9.17) is 41.0 Å². The maximum atomic E-state index is 12.4. The van der Waals surface area contributed by atoms with Crippen LogP contribution in [0.15, 0.2) is 66.1 Å². The minimum atomic E-state index is -0.597. The van der Waals surface area contributed by atoms with Gasteiger partial charge in [-0.15, -0.1) is 0 Å². The van der Waals surface area contributed by atoms with Gasteiger partial charge in [0.2, 0.25) is 5.88 Å². The monoisotopic (exact) mass is 534 g/mol. The van der Waals surface area contributed by atoms with Crippen molar-refractivity contribution in [2.45, 2.75) is 26.7 Å². The second-order valence-electron chi connectivity index (χ2n) is 8.37. The number of hydrogen-bond acceptors (Lipinski definition) is 8. The summed E-state index contributed by atoms with van der Waals surface area (Å²) in [7, 11) is 0. The Hall–Kier alpha value is -4.35. The van der Waals surface area contributed by atoms with Gasteiger partial charge in [0.05, 0.1) is 19.1 Å². The molecule has 0 saturated heterocycles. The first kappa shape index (κ1) is 26.7. The number of nitriles is 1. The lowest BCUT2D eigenvalue weighted by Crippen LogP contribution is -2.22. The summed E-state index contributed by atoms with van der Waals surface area (Å²) < 4.78 is 28.2. The van der Waals surface area contributed by atoms with Crippen LogP contribution in [-0.2, 0) is 4.79 Å². The average Bonchev–Trinajstić information content (AvgIpc) is 2.88. The van der Waals surface area contributed by atoms with Crippen molar-refractivity contribution in [2.24, 2.45) is 5.73 Å². The zero-order valence-electron chi connectivity index (χ0n) is 21.2. The highest BCUT2D eigenvalue weighted by atomic mass is 35.5. The number of nitrogens with two attached hydrogens (primary N) is 1. The minimum absolute atomic E-state index is 0.0260. The van der Waals surface area contributed by atoms with E-state index in [1.165, 1.54) is 0 Å². The predicted molar refractivity (Wildman–Crippen MR) is 142 cm³/mol. The Balaban J connectivity index is 1.58. The van der Waals surface area contributed by atoms with Gasteiger partial charge in [0.15, 0.2) is 18.1 Å². The van der Waals surface area contributed by atoms with Crippen molar-refractivity contribution in [2.75, 3.05) is 19.8 Å². The van der Waals surface area contributed by atoms with Gasteiger partial charge in [-0.3, -0.25) is 0 Å². The summed E-state index contributed by atoms with van der Waals surface area (Å²) in [6.07, 6.45) is 0. The van der Waals surface area contributed by atoms with Crippen molar-refractivity contribution in [3.8, 4) is 34.8 Å². The quantitative estimate of drug-likeness (QED) is 0.277. The number of esters is 1. The standard InChI is InChI=1S/C29H27ClN2O6/c1-4-34-24-10-6-18(13-26(24)35-5-2)28-21-9-8-20(14-25(21)38-29(32)22(28)15-31)37-27(33)16-36-23-11-7-19(30)12-17(23)3/h6-14,28H,4-5,16,32H2,1-3H3. The Bertz CT molecular complexity index is 1430. The van der Waals surface area contributed by atoms with Crippen molar-refractivity contribution in [3.63, 3.8) is 0 Å². The van der Waals surface area contributed by atoms with E-state index in [1.807, 2.05) is 39.0 Å². The average molecular weight is 535 g/mol. The minimum Gasteiger partial charge on any atom is -0.490 e. The molecule has 0 amide bonds. The molecule has 9 heteroatoms.